The first-order chi connectivity index (χ1) is 11.9. The highest BCUT2D eigenvalue weighted by Crippen LogP contribution is 2.33. The van der Waals surface area contributed by atoms with Crippen molar-refractivity contribution < 1.29 is 9.53 Å². The van der Waals surface area contributed by atoms with Crippen LogP contribution in [0.4, 0.5) is 0 Å². The fourth-order valence-electron chi connectivity index (χ4n) is 4.16. The SMILES string of the molecule is Cc1ccc(OC2CCN(C(=O)C3CCCCC3(C)N)CC2)cc1C. The molecule has 1 aliphatic carbocycles. The largest absolute Gasteiger partial charge is 0.490 e. The lowest BCUT2D eigenvalue weighted by Gasteiger charge is -2.41. The molecule has 1 saturated heterocycles. The highest BCUT2D eigenvalue weighted by molar-refractivity contribution is 5.80. The van der Waals surface area contributed by atoms with E-state index in [1.54, 1.807) is 0 Å². The van der Waals surface area contributed by atoms with Crippen molar-refractivity contribution in [1.29, 1.82) is 0 Å². The second-order valence-electron chi connectivity index (χ2n) is 8.19. The molecular formula is C21H32N2O2. The molecule has 1 saturated carbocycles. The Morgan fingerprint density at radius 1 is 1.16 bits per heavy atom. The summed E-state index contributed by atoms with van der Waals surface area (Å²) in [5, 5.41) is 0. The van der Waals surface area contributed by atoms with Gasteiger partial charge in [0.25, 0.3) is 0 Å². The van der Waals surface area contributed by atoms with E-state index in [0.717, 1.165) is 57.4 Å². The lowest BCUT2D eigenvalue weighted by Crippen LogP contribution is -2.55. The first-order valence-electron chi connectivity index (χ1n) is 9.68. The van der Waals surface area contributed by atoms with E-state index < -0.39 is 0 Å². The maximum atomic E-state index is 12.9. The molecule has 4 heteroatoms. The number of rotatable bonds is 3. The van der Waals surface area contributed by atoms with Crippen molar-refractivity contribution in [3.63, 3.8) is 0 Å². The predicted molar refractivity (Wildman–Crippen MR) is 101 cm³/mol. The fourth-order valence-corrected chi connectivity index (χ4v) is 4.16. The van der Waals surface area contributed by atoms with Gasteiger partial charge in [0, 0.05) is 31.5 Å². The number of likely N-dealkylation sites (tertiary alicyclic amines) is 1. The quantitative estimate of drug-likeness (QED) is 0.912. The van der Waals surface area contributed by atoms with Gasteiger partial charge in [-0.1, -0.05) is 18.9 Å². The van der Waals surface area contributed by atoms with Crippen molar-refractivity contribution in [2.45, 2.75) is 70.9 Å². The van der Waals surface area contributed by atoms with Crippen LogP contribution in [0.15, 0.2) is 18.2 Å². The summed E-state index contributed by atoms with van der Waals surface area (Å²) in [6.45, 7) is 7.82. The van der Waals surface area contributed by atoms with Crippen LogP contribution < -0.4 is 10.5 Å². The van der Waals surface area contributed by atoms with Crippen molar-refractivity contribution >= 4 is 5.91 Å². The van der Waals surface area contributed by atoms with E-state index in [1.165, 1.54) is 11.1 Å². The highest BCUT2D eigenvalue weighted by atomic mass is 16.5. The minimum atomic E-state index is -0.345. The van der Waals surface area contributed by atoms with E-state index in [4.69, 9.17) is 10.5 Å². The maximum absolute atomic E-state index is 12.9. The number of nitrogens with zero attached hydrogens (tertiary/aromatic N) is 1. The second-order valence-corrected chi connectivity index (χ2v) is 8.19. The van der Waals surface area contributed by atoms with Crippen molar-refractivity contribution in [3.8, 4) is 5.75 Å². The van der Waals surface area contributed by atoms with Gasteiger partial charge in [0.05, 0.1) is 5.92 Å². The van der Waals surface area contributed by atoms with Crippen LogP contribution in [-0.4, -0.2) is 35.5 Å². The Balaban J connectivity index is 1.54. The van der Waals surface area contributed by atoms with Gasteiger partial charge >= 0.3 is 0 Å². The number of hydrogen-bond acceptors (Lipinski definition) is 3. The molecule has 1 aromatic rings. The van der Waals surface area contributed by atoms with Crippen molar-refractivity contribution in [3.05, 3.63) is 29.3 Å². The average Bonchev–Trinajstić information content (AvgIpc) is 2.58. The third kappa shape index (κ3) is 4.17. The van der Waals surface area contributed by atoms with Crippen molar-refractivity contribution in [2.75, 3.05) is 13.1 Å². The minimum Gasteiger partial charge on any atom is -0.490 e. The summed E-state index contributed by atoms with van der Waals surface area (Å²) in [5.41, 5.74) is 8.60. The molecule has 1 amide bonds. The molecule has 0 radical (unpaired) electrons. The molecule has 3 rings (SSSR count). The van der Waals surface area contributed by atoms with Crippen LogP contribution in [0.25, 0.3) is 0 Å². The van der Waals surface area contributed by atoms with Crippen LogP contribution in [0.1, 0.15) is 56.6 Å². The van der Waals surface area contributed by atoms with Crippen LogP contribution in [0.5, 0.6) is 5.75 Å². The molecule has 4 nitrogen and oxygen atoms in total. The zero-order chi connectivity index (χ0) is 18.0. The van der Waals surface area contributed by atoms with E-state index >= 15 is 0 Å². The Kier molecular flexibility index (Phi) is 5.38. The molecule has 0 spiro atoms. The van der Waals surface area contributed by atoms with E-state index in [-0.39, 0.29) is 23.5 Å². The standard InChI is InChI=1S/C21H32N2O2/c1-15-7-8-18(14-16(15)2)25-17-9-12-23(13-10-17)20(24)19-6-4-5-11-21(19,3)22/h7-8,14,17,19H,4-6,9-13,22H2,1-3H3. The Morgan fingerprint density at radius 3 is 2.52 bits per heavy atom. The number of piperidine rings is 1. The van der Waals surface area contributed by atoms with Gasteiger partial charge in [-0.15, -0.1) is 0 Å². The fraction of sp³-hybridized carbons (Fsp3) is 0.667. The van der Waals surface area contributed by atoms with E-state index in [1.807, 2.05) is 17.9 Å². The Hall–Kier alpha value is -1.55. The van der Waals surface area contributed by atoms with Crippen LogP contribution >= 0.6 is 0 Å². The molecule has 1 aromatic carbocycles. The van der Waals surface area contributed by atoms with E-state index in [9.17, 15) is 4.79 Å². The number of benzene rings is 1. The molecule has 0 aromatic heterocycles. The summed E-state index contributed by atoms with van der Waals surface area (Å²) in [4.78, 5) is 14.9. The third-order valence-corrected chi connectivity index (χ3v) is 6.09. The third-order valence-electron chi connectivity index (χ3n) is 6.09. The molecule has 2 fully saturated rings. The zero-order valence-corrected chi connectivity index (χ0v) is 15.9. The van der Waals surface area contributed by atoms with Gasteiger partial charge in [0.2, 0.25) is 5.91 Å². The van der Waals surface area contributed by atoms with Gasteiger partial charge in [-0.2, -0.15) is 0 Å². The lowest BCUT2D eigenvalue weighted by molar-refractivity contribution is -0.140. The molecule has 0 bridgehead atoms. The zero-order valence-electron chi connectivity index (χ0n) is 15.9. The van der Waals surface area contributed by atoms with Crippen LogP contribution in [0.3, 0.4) is 0 Å². The van der Waals surface area contributed by atoms with Crippen LogP contribution in [0.2, 0.25) is 0 Å². The van der Waals surface area contributed by atoms with Gasteiger partial charge in [0.15, 0.2) is 0 Å². The Morgan fingerprint density at radius 2 is 1.88 bits per heavy atom. The average molecular weight is 344 g/mol. The smallest absolute Gasteiger partial charge is 0.227 e. The number of carbonyl (C=O) groups is 1. The van der Waals surface area contributed by atoms with Crippen molar-refractivity contribution in [2.24, 2.45) is 11.7 Å². The number of ether oxygens (including phenoxy) is 1. The van der Waals surface area contributed by atoms with Crippen LogP contribution in [0, 0.1) is 19.8 Å². The Bertz CT molecular complexity index is 618. The lowest BCUT2D eigenvalue weighted by atomic mass is 9.74. The van der Waals surface area contributed by atoms with Gasteiger partial charge < -0.3 is 15.4 Å². The summed E-state index contributed by atoms with van der Waals surface area (Å²) in [7, 11) is 0. The number of nitrogens with two attached hydrogens (primary N) is 1. The molecular weight excluding hydrogens is 312 g/mol. The van der Waals surface area contributed by atoms with E-state index in [2.05, 4.69) is 26.0 Å². The molecule has 25 heavy (non-hydrogen) atoms. The highest BCUT2D eigenvalue weighted by Gasteiger charge is 2.40. The minimum absolute atomic E-state index is 0.0153. The monoisotopic (exact) mass is 344 g/mol. The summed E-state index contributed by atoms with van der Waals surface area (Å²) in [5.74, 6) is 1.18. The predicted octanol–water partition coefficient (Wildman–Crippen LogP) is 3.58. The van der Waals surface area contributed by atoms with Gasteiger partial charge in [-0.05, 0) is 56.9 Å². The van der Waals surface area contributed by atoms with Gasteiger partial charge in [-0.3, -0.25) is 4.79 Å². The topological polar surface area (TPSA) is 55.6 Å². The number of amides is 1. The number of aryl methyl sites for hydroxylation is 2. The normalized spacial score (nSPS) is 28.0. The number of carbonyl (C=O) groups excluding carboxylic acids is 1. The molecule has 2 N–H and O–H groups in total. The molecule has 2 unspecified atom stereocenters. The van der Waals surface area contributed by atoms with Crippen LogP contribution in [-0.2, 0) is 4.79 Å². The summed E-state index contributed by atoms with van der Waals surface area (Å²) < 4.78 is 6.14. The summed E-state index contributed by atoms with van der Waals surface area (Å²) in [6.07, 6.45) is 6.14. The first kappa shape index (κ1) is 18.2. The van der Waals surface area contributed by atoms with Gasteiger partial charge in [0.1, 0.15) is 11.9 Å². The summed E-state index contributed by atoms with van der Waals surface area (Å²) in [6, 6.07) is 6.25. The molecule has 2 aliphatic rings. The van der Waals surface area contributed by atoms with Crippen molar-refractivity contribution in [1.82, 2.24) is 4.90 Å². The molecule has 138 valence electrons. The first-order valence-corrected chi connectivity index (χ1v) is 9.68. The molecule has 1 aliphatic heterocycles. The molecule has 1 heterocycles. The Labute approximate surface area is 151 Å². The molecule has 2 atom stereocenters. The maximum Gasteiger partial charge on any atom is 0.227 e. The van der Waals surface area contributed by atoms with E-state index in [0.29, 0.717) is 0 Å². The van der Waals surface area contributed by atoms with Gasteiger partial charge in [-0.25, -0.2) is 0 Å². The summed E-state index contributed by atoms with van der Waals surface area (Å²) >= 11 is 0. The number of hydrogen-bond donors (Lipinski definition) is 1. The second kappa shape index (κ2) is 7.36.